The Labute approximate surface area is 165 Å². The highest BCUT2D eigenvalue weighted by Gasteiger charge is 2.42. The van der Waals surface area contributed by atoms with E-state index in [0.717, 1.165) is 29.0 Å². The van der Waals surface area contributed by atoms with Gasteiger partial charge in [0.2, 0.25) is 0 Å². The van der Waals surface area contributed by atoms with E-state index in [4.69, 9.17) is 9.47 Å². The number of hydrogen-bond acceptors (Lipinski definition) is 4. The minimum Gasteiger partial charge on any atom is -0.497 e. The number of benzene rings is 2. The van der Waals surface area contributed by atoms with Crippen LogP contribution in [0.5, 0.6) is 11.5 Å². The highest BCUT2D eigenvalue weighted by Crippen LogP contribution is 2.42. The SMILES string of the molecule is COc1ccc([C@H]2C[C@H]3CC[C@H](N3)[C@@H]2COc2ccc3c(c2)C(=O)NC3)cc1. The van der Waals surface area contributed by atoms with E-state index in [0.29, 0.717) is 37.1 Å². The first-order chi connectivity index (χ1) is 13.7. The van der Waals surface area contributed by atoms with Crippen molar-refractivity contribution >= 4 is 5.91 Å². The lowest BCUT2D eigenvalue weighted by molar-refractivity contribution is 0.0965. The summed E-state index contributed by atoms with van der Waals surface area (Å²) in [6.45, 7) is 1.27. The first-order valence-corrected chi connectivity index (χ1v) is 10.1. The molecule has 3 heterocycles. The maximum atomic E-state index is 11.9. The number of carbonyl (C=O) groups is 1. The molecular weight excluding hydrogens is 352 g/mol. The Bertz CT molecular complexity index is 880. The zero-order chi connectivity index (χ0) is 19.1. The minimum atomic E-state index is -0.00507. The maximum Gasteiger partial charge on any atom is 0.252 e. The van der Waals surface area contributed by atoms with Crippen LogP contribution in [0.15, 0.2) is 42.5 Å². The molecule has 146 valence electrons. The number of hydrogen-bond donors (Lipinski definition) is 2. The topological polar surface area (TPSA) is 59.6 Å². The molecule has 2 N–H and O–H groups in total. The van der Waals surface area contributed by atoms with E-state index in [2.05, 4.69) is 34.9 Å². The van der Waals surface area contributed by atoms with E-state index in [-0.39, 0.29) is 5.91 Å². The van der Waals surface area contributed by atoms with Crippen LogP contribution in [0, 0.1) is 5.92 Å². The van der Waals surface area contributed by atoms with Crippen molar-refractivity contribution in [3.05, 3.63) is 59.2 Å². The van der Waals surface area contributed by atoms with Gasteiger partial charge in [-0.15, -0.1) is 0 Å². The summed E-state index contributed by atoms with van der Waals surface area (Å²) in [7, 11) is 1.70. The summed E-state index contributed by atoms with van der Waals surface area (Å²) < 4.78 is 11.5. The molecule has 2 aromatic rings. The molecule has 2 fully saturated rings. The van der Waals surface area contributed by atoms with Gasteiger partial charge in [0.05, 0.1) is 13.7 Å². The second-order valence-electron chi connectivity index (χ2n) is 8.14. The van der Waals surface area contributed by atoms with Gasteiger partial charge in [-0.25, -0.2) is 0 Å². The second-order valence-corrected chi connectivity index (χ2v) is 8.14. The van der Waals surface area contributed by atoms with Crippen LogP contribution in [0.1, 0.15) is 46.7 Å². The van der Waals surface area contributed by atoms with Crippen LogP contribution in [-0.4, -0.2) is 31.7 Å². The molecule has 0 unspecified atom stereocenters. The average Bonchev–Trinajstić information content (AvgIpc) is 3.30. The third kappa shape index (κ3) is 3.14. The minimum absolute atomic E-state index is 0.00507. The summed E-state index contributed by atoms with van der Waals surface area (Å²) in [5.74, 6) is 2.56. The van der Waals surface area contributed by atoms with E-state index in [1.807, 2.05) is 18.2 Å². The van der Waals surface area contributed by atoms with Crippen molar-refractivity contribution in [1.29, 1.82) is 0 Å². The molecule has 0 radical (unpaired) electrons. The van der Waals surface area contributed by atoms with Crippen LogP contribution < -0.4 is 20.1 Å². The van der Waals surface area contributed by atoms with E-state index < -0.39 is 0 Å². The molecule has 5 rings (SSSR count). The van der Waals surface area contributed by atoms with Crippen molar-refractivity contribution in [3.63, 3.8) is 0 Å². The van der Waals surface area contributed by atoms with Gasteiger partial charge in [0.15, 0.2) is 0 Å². The largest absolute Gasteiger partial charge is 0.497 e. The fourth-order valence-corrected chi connectivity index (χ4v) is 5.08. The van der Waals surface area contributed by atoms with Gasteiger partial charge in [-0.1, -0.05) is 18.2 Å². The molecule has 5 nitrogen and oxygen atoms in total. The Morgan fingerprint density at radius 2 is 1.89 bits per heavy atom. The average molecular weight is 378 g/mol. The molecule has 0 spiro atoms. The Morgan fingerprint density at radius 1 is 1.07 bits per heavy atom. The van der Waals surface area contributed by atoms with E-state index in [9.17, 15) is 4.79 Å². The highest BCUT2D eigenvalue weighted by molar-refractivity contribution is 5.98. The molecule has 1 amide bonds. The summed E-state index contributed by atoms with van der Waals surface area (Å²) in [6, 6.07) is 15.5. The fourth-order valence-electron chi connectivity index (χ4n) is 5.08. The monoisotopic (exact) mass is 378 g/mol. The van der Waals surface area contributed by atoms with Gasteiger partial charge in [0.1, 0.15) is 11.5 Å². The van der Waals surface area contributed by atoms with Crippen molar-refractivity contribution < 1.29 is 14.3 Å². The second kappa shape index (κ2) is 7.13. The van der Waals surface area contributed by atoms with Crippen LogP contribution in [0.2, 0.25) is 0 Å². The first-order valence-electron chi connectivity index (χ1n) is 10.1. The summed E-state index contributed by atoms with van der Waals surface area (Å²) in [4.78, 5) is 11.9. The lowest BCUT2D eigenvalue weighted by Gasteiger charge is -2.38. The Kier molecular flexibility index (Phi) is 4.47. The van der Waals surface area contributed by atoms with Gasteiger partial charge in [0, 0.05) is 30.1 Å². The summed E-state index contributed by atoms with van der Waals surface area (Å²) in [6.07, 6.45) is 3.59. The lowest BCUT2D eigenvalue weighted by atomic mass is 9.77. The zero-order valence-electron chi connectivity index (χ0n) is 16.1. The van der Waals surface area contributed by atoms with Gasteiger partial charge in [-0.05, 0) is 60.6 Å². The van der Waals surface area contributed by atoms with Crippen LogP contribution >= 0.6 is 0 Å². The molecule has 4 atom stereocenters. The van der Waals surface area contributed by atoms with Gasteiger partial charge >= 0.3 is 0 Å². The molecule has 0 aliphatic carbocycles. The Balaban J connectivity index is 1.35. The van der Waals surface area contributed by atoms with Crippen molar-refractivity contribution in [2.24, 2.45) is 5.92 Å². The number of piperidine rings is 1. The Hall–Kier alpha value is -2.53. The molecular formula is C23H26N2O3. The third-order valence-corrected chi connectivity index (χ3v) is 6.60. The molecule has 2 saturated heterocycles. The molecule has 5 heteroatoms. The van der Waals surface area contributed by atoms with Crippen molar-refractivity contribution in [3.8, 4) is 11.5 Å². The molecule has 28 heavy (non-hydrogen) atoms. The van der Waals surface area contributed by atoms with Gasteiger partial charge in [0.25, 0.3) is 5.91 Å². The van der Waals surface area contributed by atoms with Crippen LogP contribution in [-0.2, 0) is 6.54 Å². The van der Waals surface area contributed by atoms with Gasteiger partial charge in [-0.3, -0.25) is 4.79 Å². The summed E-state index contributed by atoms with van der Waals surface area (Å²) in [5, 5.41) is 6.64. The summed E-state index contributed by atoms with van der Waals surface area (Å²) in [5.41, 5.74) is 3.15. The highest BCUT2D eigenvalue weighted by atomic mass is 16.5. The molecule has 2 bridgehead atoms. The predicted octanol–water partition coefficient (Wildman–Crippen LogP) is 3.24. The number of methoxy groups -OCH3 is 1. The maximum absolute atomic E-state index is 11.9. The van der Waals surface area contributed by atoms with E-state index >= 15 is 0 Å². The quantitative estimate of drug-likeness (QED) is 0.839. The van der Waals surface area contributed by atoms with Crippen molar-refractivity contribution in [1.82, 2.24) is 10.6 Å². The molecule has 3 aliphatic heterocycles. The smallest absolute Gasteiger partial charge is 0.252 e. The lowest BCUT2D eigenvalue weighted by Crippen LogP contribution is -2.46. The number of ether oxygens (including phenoxy) is 2. The van der Waals surface area contributed by atoms with E-state index in [1.54, 1.807) is 7.11 Å². The van der Waals surface area contributed by atoms with Crippen molar-refractivity contribution in [2.75, 3.05) is 13.7 Å². The van der Waals surface area contributed by atoms with Crippen LogP contribution in [0.3, 0.4) is 0 Å². The van der Waals surface area contributed by atoms with E-state index in [1.165, 1.54) is 18.4 Å². The number of nitrogens with one attached hydrogen (secondary N) is 2. The number of carbonyl (C=O) groups excluding carboxylic acids is 1. The number of amides is 1. The molecule has 0 aromatic heterocycles. The third-order valence-electron chi connectivity index (χ3n) is 6.60. The predicted molar refractivity (Wildman–Crippen MR) is 107 cm³/mol. The summed E-state index contributed by atoms with van der Waals surface area (Å²) >= 11 is 0. The van der Waals surface area contributed by atoms with Gasteiger partial charge < -0.3 is 20.1 Å². The normalized spacial score (nSPS) is 28.0. The molecule has 2 aromatic carbocycles. The fraction of sp³-hybridized carbons (Fsp3) is 0.435. The molecule has 3 aliphatic rings. The van der Waals surface area contributed by atoms with Crippen molar-refractivity contribution in [2.45, 2.75) is 43.8 Å². The number of rotatable bonds is 5. The Morgan fingerprint density at radius 3 is 2.71 bits per heavy atom. The number of fused-ring (bicyclic) bond motifs is 3. The molecule has 0 saturated carbocycles. The first kappa shape index (κ1) is 17.6. The van der Waals surface area contributed by atoms with Crippen LogP contribution in [0.4, 0.5) is 0 Å². The van der Waals surface area contributed by atoms with Crippen LogP contribution in [0.25, 0.3) is 0 Å². The zero-order valence-corrected chi connectivity index (χ0v) is 16.1. The van der Waals surface area contributed by atoms with Gasteiger partial charge in [-0.2, -0.15) is 0 Å². The standard InChI is InChI=1S/C23H26N2O3/c1-27-17-6-2-14(3-7-17)19-10-16-5-9-22(25-16)21(19)13-28-18-8-4-15-12-24-23(26)20(15)11-18/h2-4,6-8,11,16,19,21-22,25H,5,9-10,12-13H2,1H3,(H,24,26)/t16-,19-,21-,22+/m1/s1.